The van der Waals surface area contributed by atoms with Crippen molar-refractivity contribution in [2.45, 2.75) is 38.6 Å². The number of carbonyl (C=O) groups excluding carboxylic acids is 1. The number of hydrogen-bond donors (Lipinski definition) is 2. The lowest BCUT2D eigenvalue weighted by Gasteiger charge is -2.14. The summed E-state index contributed by atoms with van der Waals surface area (Å²) in [6.45, 7) is 2.71. The summed E-state index contributed by atoms with van der Waals surface area (Å²) in [4.78, 5) is 12.2. The molecular formula is C15H23ClN2O2. The predicted octanol–water partition coefficient (Wildman–Crippen LogP) is 2.96. The molecule has 0 saturated heterocycles. The van der Waals surface area contributed by atoms with E-state index in [4.69, 9.17) is 10.5 Å². The highest BCUT2D eigenvalue weighted by atomic mass is 35.5. The zero-order valence-corrected chi connectivity index (χ0v) is 12.6. The van der Waals surface area contributed by atoms with Gasteiger partial charge in [-0.15, -0.1) is 12.4 Å². The second kappa shape index (κ2) is 8.12. The van der Waals surface area contributed by atoms with E-state index in [1.165, 1.54) is 0 Å². The minimum absolute atomic E-state index is 0. The molecule has 1 aliphatic rings. The van der Waals surface area contributed by atoms with E-state index >= 15 is 0 Å². The topological polar surface area (TPSA) is 64.3 Å². The molecule has 1 fully saturated rings. The fourth-order valence-electron chi connectivity index (χ4n) is 2.40. The summed E-state index contributed by atoms with van der Waals surface area (Å²) in [5, 5.41) is 2.96. The number of carbonyl (C=O) groups is 1. The van der Waals surface area contributed by atoms with Crippen LogP contribution in [0.5, 0.6) is 5.75 Å². The van der Waals surface area contributed by atoms with Crippen LogP contribution in [-0.4, -0.2) is 18.6 Å². The molecule has 1 aromatic carbocycles. The molecule has 0 spiro atoms. The van der Waals surface area contributed by atoms with Gasteiger partial charge >= 0.3 is 0 Å². The van der Waals surface area contributed by atoms with Crippen molar-refractivity contribution in [3.63, 3.8) is 0 Å². The predicted molar refractivity (Wildman–Crippen MR) is 83.4 cm³/mol. The quantitative estimate of drug-likeness (QED) is 0.878. The highest BCUT2D eigenvalue weighted by Crippen LogP contribution is 2.28. The number of halogens is 1. The molecule has 4 nitrogen and oxygen atoms in total. The minimum atomic E-state index is 0. The molecule has 0 aromatic heterocycles. The summed E-state index contributed by atoms with van der Waals surface area (Å²) < 4.78 is 5.63. The van der Waals surface area contributed by atoms with Crippen molar-refractivity contribution in [1.29, 1.82) is 0 Å². The molecule has 20 heavy (non-hydrogen) atoms. The molecule has 0 heterocycles. The van der Waals surface area contributed by atoms with Crippen LogP contribution in [0.2, 0.25) is 0 Å². The van der Waals surface area contributed by atoms with E-state index in [9.17, 15) is 4.79 Å². The van der Waals surface area contributed by atoms with Crippen LogP contribution in [0.15, 0.2) is 24.3 Å². The van der Waals surface area contributed by atoms with Crippen molar-refractivity contribution in [1.82, 2.24) is 0 Å². The third kappa shape index (κ3) is 4.39. The Morgan fingerprint density at radius 1 is 1.40 bits per heavy atom. The maximum Gasteiger partial charge on any atom is 0.227 e. The van der Waals surface area contributed by atoms with Crippen molar-refractivity contribution in [2.24, 2.45) is 11.7 Å². The first-order chi connectivity index (χ1) is 9.20. The molecule has 2 unspecified atom stereocenters. The van der Waals surface area contributed by atoms with Gasteiger partial charge in [-0.1, -0.05) is 19.1 Å². The number of amides is 1. The molecule has 112 valence electrons. The average molecular weight is 299 g/mol. The van der Waals surface area contributed by atoms with Gasteiger partial charge in [0.2, 0.25) is 5.91 Å². The lowest BCUT2D eigenvalue weighted by Crippen LogP contribution is -2.23. The Morgan fingerprint density at radius 3 is 2.80 bits per heavy atom. The third-order valence-corrected chi connectivity index (χ3v) is 3.45. The standard InChI is InChI=1S/C15H22N2O2.ClH/c1-2-9-19-14-6-4-3-5-13(14)17-15(18)11-7-8-12(16)10-11;/h3-6,11-12H,2,7-10,16H2,1H3,(H,17,18);1H. The molecular weight excluding hydrogens is 276 g/mol. The fourth-order valence-corrected chi connectivity index (χ4v) is 2.40. The van der Waals surface area contributed by atoms with Gasteiger partial charge in [-0.05, 0) is 37.8 Å². The molecule has 2 atom stereocenters. The Kier molecular flexibility index (Phi) is 6.82. The molecule has 1 saturated carbocycles. The van der Waals surface area contributed by atoms with Gasteiger partial charge in [-0.3, -0.25) is 4.79 Å². The van der Waals surface area contributed by atoms with Crippen LogP contribution >= 0.6 is 12.4 Å². The Morgan fingerprint density at radius 2 is 2.15 bits per heavy atom. The van der Waals surface area contributed by atoms with Crippen LogP contribution < -0.4 is 15.8 Å². The second-order valence-corrected chi connectivity index (χ2v) is 5.10. The summed E-state index contributed by atoms with van der Waals surface area (Å²) in [5.74, 6) is 0.828. The molecule has 5 heteroatoms. The van der Waals surface area contributed by atoms with E-state index in [2.05, 4.69) is 12.2 Å². The van der Waals surface area contributed by atoms with Gasteiger partial charge in [-0.25, -0.2) is 0 Å². The average Bonchev–Trinajstić information content (AvgIpc) is 2.84. The van der Waals surface area contributed by atoms with Crippen molar-refractivity contribution in [2.75, 3.05) is 11.9 Å². The number of anilines is 1. The Bertz CT molecular complexity index is 440. The number of benzene rings is 1. The number of nitrogens with two attached hydrogens (primary N) is 1. The summed E-state index contributed by atoms with van der Waals surface area (Å²) in [6.07, 6.45) is 3.54. The van der Waals surface area contributed by atoms with Crippen molar-refractivity contribution in [3.05, 3.63) is 24.3 Å². The maximum absolute atomic E-state index is 12.2. The lowest BCUT2D eigenvalue weighted by molar-refractivity contribution is -0.119. The van der Waals surface area contributed by atoms with Crippen LogP contribution in [0.1, 0.15) is 32.6 Å². The van der Waals surface area contributed by atoms with E-state index in [0.29, 0.717) is 6.61 Å². The number of para-hydroxylation sites is 2. The largest absolute Gasteiger partial charge is 0.491 e. The summed E-state index contributed by atoms with van der Waals surface area (Å²) >= 11 is 0. The van der Waals surface area contributed by atoms with Crippen molar-refractivity contribution < 1.29 is 9.53 Å². The highest BCUT2D eigenvalue weighted by molar-refractivity contribution is 5.94. The van der Waals surface area contributed by atoms with Gasteiger partial charge in [0.05, 0.1) is 12.3 Å². The van der Waals surface area contributed by atoms with Crippen LogP contribution in [-0.2, 0) is 4.79 Å². The van der Waals surface area contributed by atoms with Gasteiger partial charge in [-0.2, -0.15) is 0 Å². The number of ether oxygens (including phenoxy) is 1. The molecule has 3 N–H and O–H groups in total. The summed E-state index contributed by atoms with van der Waals surface area (Å²) in [7, 11) is 0. The normalized spacial score (nSPS) is 21.1. The number of hydrogen-bond acceptors (Lipinski definition) is 3. The van der Waals surface area contributed by atoms with Crippen LogP contribution in [0.4, 0.5) is 5.69 Å². The SMILES string of the molecule is CCCOc1ccccc1NC(=O)C1CCC(N)C1.Cl. The summed E-state index contributed by atoms with van der Waals surface area (Å²) in [6, 6.07) is 7.73. The van der Waals surface area contributed by atoms with Gasteiger partial charge in [0.25, 0.3) is 0 Å². The van der Waals surface area contributed by atoms with Crippen LogP contribution in [0, 0.1) is 5.92 Å². The van der Waals surface area contributed by atoms with E-state index in [0.717, 1.165) is 37.1 Å². The number of nitrogens with one attached hydrogen (secondary N) is 1. The number of rotatable bonds is 5. The van der Waals surface area contributed by atoms with Gasteiger partial charge in [0, 0.05) is 12.0 Å². The first kappa shape index (κ1) is 16.8. The van der Waals surface area contributed by atoms with Crippen LogP contribution in [0.3, 0.4) is 0 Å². The Balaban J connectivity index is 0.00000200. The Labute approximate surface area is 126 Å². The van der Waals surface area contributed by atoms with E-state index in [-0.39, 0.29) is 30.3 Å². The second-order valence-electron chi connectivity index (χ2n) is 5.10. The van der Waals surface area contributed by atoms with E-state index in [1.54, 1.807) is 0 Å². The first-order valence-electron chi connectivity index (χ1n) is 6.99. The van der Waals surface area contributed by atoms with Crippen molar-refractivity contribution in [3.8, 4) is 5.75 Å². The highest BCUT2D eigenvalue weighted by Gasteiger charge is 2.28. The van der Waals surface area contributed by atoms with Gasteiger partial charge < -0.3 is 15.8 Å². The zero-order valence-electron chi connectivity index (χ0n) is 11.8. The minimum Gasteiger partial charge on any atom is -0.491 e. The molecule has 0 radical (unpaired) electrons. The molecule has 0 aliphatic heterocycles. The fraction of sp³-hybridized carbons (Fsp3) is 0.533. The maximum atomic E-state index is 12.2. The van der Waals surface area contributed by atoms with Crippen molar-refractivity contribution >= 4 is 24.0 Å². The molecule has 1 amide bonds. The smallest absolute Gasteiger partial charge is 0.227 e. The van der Waals surface area contributed by atoms with E-state index < -0.39 is 0 Å². The van der Waals surface area contributed by atoms with Crippen LogP contribution in [0.25, 0.3) is 0 Å². The third-order valence-electron chi connectivity index (χ3n) is 3.45. The molecule has 1 aliphatic carbocycles. The summed E-state index contributed by atoms with van der Waals surface area (Å²) in [5.41, 5.74) is 6.60. The lowest BCUT2D eigenvalue weighted by atomic mass is 10.1. The first-order valence-corrected chi connectivity index (χ1v) is 6.99. The van der Waals surface area contributed by atoms with Gasteiger partial charge in [0.15, 0.2) is 0 Å². The molecule has 2 rings (SSSR count). The van der Waals surface area contributed by atoms with E-state index in [1.807, 2.05) is 24.3 Å². The van der Waals surface area contributed by atoms with Gasteiger partial charge in [0.1, 0.15) is 5.75 Å². The monoisotopic (exact) mass is 298 g/mol. The molecule has 0 bridgehead atoms. The zero-order chi connectivity index (χ0) is 13.7. The Hall–Kier alpha value is -1.26. The molecule has 1 aromatic rings.